The van der Waals surface area contributed by atoms with Crippen LogP contribution >= 0.6 is 27.3 Å². The standard InChI is InChI=1S/C13H15BrN2OS/c1-9(17)10-3-4-13(15-6-10)16(2)7-12-5-11(14)8-18-12/h3-6,8-9,17H,7H2,1-2H3/t9-/m0/s1. The van der Waals surface area contributed by atoms with E-state index in [4.69, 9.17) is 0 Å². The van der Waals surface area contributed by atoms with Gasteiger partial charge in [-0.3, -0.25) is 0 Å². The molecular formula is C13H15BrN2OS. The summed E-state index contributed by atoms with van der Waals surface area (Å²) in [7, 11) is 2.01. The topological polar surface area (TPSA) is 36.4 Å². The minimum Gasteiger partial charge on any atom is -0.389 e. The molecule has 2 rings (SSSR count). The Bertz CT molecular complexity index is 510. The van der Waals surface area contributed by atoms with Crippen molar-refractivity contribution < 1.29 is 5.11 Å². The van der Waals surface area contributed by atoms with Crippen molar-refractivity contribution in [2.45, 2.75) is 19.6 Å². The first kappa shape index (κ1) is 13.5. The van der Waals surface area contributed by atoms with Crippen LogP contribution in [0.15, 0.2) is 34.2 Å². The largest absolute Gasteiger partial charge is 0.389 e. The van der Waals surface area contributed by atoms with Crippen LogP contribution in [0.2, 0.25) is 0 Å². The monoisotopic (exact) mass is 326 g/mol. The summed E-state index contributed by atoms with van der Waals surface area (Å²) < 4.78 is 1.12. The van der Waals surface area contributed by atoms with Gasteiger partial charge in [-0.1, -0.05) is 6.07 Å². The molecule has 2 aromatic rings. The molecule has 96 valence electrons. The second-order valence-corrected chi connectivity index (χ2v) is 6.12. The number of rotatable bonds is 4. The highest BCUT2D eigenvalue weighted by Crippen LogP contribution is 2.23. The Labute approximate surface area is 119 Å². The summed E-state index contributed by atoms with van der Waals surface area (Å²) in [5.41, 5.74) is 0.839. The molecule has 0 aliphatic rings. The number of nitrogens with zero attached hydrogens (tertiary/aromatic N) is 2. The van der Waals surface area contributed by atoms with Crippen LogP contribution in [0.3, 0.4) is 0 Å². The summed E-state index contributed by atoms with van der Waals surface area (Å²) in [6.07, 6.45) is 1.26. The van der Waals surface area contributed by atoms with E-state index in [1.54, 1.807) is 24.5 Å². The van der Waals surface area contributed by atoms with Crippen molar-refractivity contribution >= 4 is 33.1 Å². The van der Waals surface area contributed by atoms with Gasteiger partial charge >= 0.3 is 0 Å². The van der Waals surface area contributed by atoms with Gasteiger partial charge in [-0.25, -0.2) is 4.98 Å². The van der Waals surface area contributed by atoms with Crippen LogP contribution in [0.1, 0.15) is 23.5 Å². The molecule has 0 saturated heterocycles. The zero-order valence-electron chi connectivity index (χ0n) is 10.3. The summed E-state index contributed by atoms with van der Waals surface area (Å²) in [6, 6.07) is 5.96. The van der Waals surface area contributed by atoms with E-state index in [1.807, 2.05) is 19.2 Å². The summed E-state index contributed by atoms with van der Waals surface area (Å²) in [4.78, 5) is 7.73. The van der Waals surface area contributed by atoms with E-state index in [1.165, 1.54) is 4.88 Å². The molecule has 0 aromatic carbocycles. The van der Waals surface area contributed by atoms with E-state index in [0.29, 0.717) is 0 Å². The maximum atomic E-state index is 9.43. The quantitative estimate of drug-likeness (QED) is 0.932. The lowest BCUT2D eigenvalue weighted by Gasteiger charge is -2.17. The number of thiophene rings is 1. The third kappa shape index (κ3) is 3.31. The molecule has 1 atom stereocenters. The van der Waals surface area contributed by atoms with Crippen molar-refractivity contribution in [3.63, 3.8) is 0 Å². The molecule has 1 N–H and O–H groups in total. The first-order valence-corrected chi connectivity index (χ1v) is 7.31. The Hall–Kier alpha value is -0.910. The highest BCUT2D eigenvalue weighted by atomic mass is 79.9. The number of hydrogen-bond donors (Lipinski definition) is 1. The summed E-state index contributed by atoms with van der Waals surface area (Å²) in [5.74, 6) is 0.906. The zero-order chi connectivity index (χ0) is 13.1. The maximum absolute atomic E-state index is 9.43. The van der Waals surface area contributed by atoms with Crippen molar-refractivity contribution in [1.29, 1.82) is 0 Å². The molecule has 0 aliphatic carbocycles. The van der Waals surface area contributed by atoms with Crippen LogP contribution in [0.5, 0.6) is 0 Å². The maximum Gasteiger partial charge on any atom is 0.128 e. The van der Waals surface area contributed by atoms with Crippen LogP contribution < -0.4 is 4.90 Å². The second kappa shape index (κ2) is 5.82. The average molecular weight is 327 g/mol. The smallest absolute Gasteiger partial charge is 0.128 e. The van der Waals surface area contributed by atoms with Crippen molar-refractivity contribution in [2.24, 2.45) is 0 Å². The van der Waals surface area contributed by atoms with E-state index in [-0.39, 0.29) is 0 Å². The minimum atomic E-state index is -0.467. The van der Waals surface area contributed by atoms with E-state index < -0.39 is 6.10 Å². The molecular weight excluding hydrogens is 312 g/mol. The van der Waals surface area contributed by atoms with E-state index in [0.717, 1.165) is 22.4 Å². The number of aromatic nitrogens is 1. The molecule has 0 aliphatic heterocycles. The average Bonchev–Trinajstić information content (AvgIpc) is 2.75. The Morgan fingerprint density at radius 3 is 2.78 bits per heavy atom. The number of aliphatic hydroxyl groups is 1. The van der Waals surface area contributed by atoms with Gasteiger partial charge in [0.05, 0.1) is 12.6 Å². The number of hydrogen-bond acceptors (Lipinski definition) is 4. The van der Waals surface area contributed by atoms with Gasteiger partial charge in [-0.15, -0.1) is 11.3 Å². The molecule has 5 heteroatoms. The molecule has 0 saturated carbocycles. The first-order chi connectivity index (χ1) is 8.56. The van der Waals surface area contributed by atoms with Gasteiger partial charge in [0, 0.05) is 28.0 Å². The molecule has 0 bridgehead atoms. The van der Waals surface area contributed by atoms with Gasteiger partial charge in [-0.05, 0) is 40.5 Å². The molecule has 0 radical (unpaired) electrons. The fourth-order valence-corrected chi connectivity index (χ4v) is 3.13. The van der Waals surface area contributed by atoms with Gasteiger partial charge in [0.2, 0.25) is 0 Å². The number of halogens is 1. The van der Waals surface area contributed by atoms with E-state index >= 15 is 0 Å². The lowest BCUT2D eigenvalue weighted by atomic mass is 10.2. The first-order valence-electron chi connectivity index (χ1n) is 5.64. The van der Waals surface area contributed by atoms with Gasteiger partial charge in [0.25, 0.3) is 0 Å². The van der Waals surface area contributed by atoms with Crippen molar-refractivity contribution in [3.05, 3.63) is 44.7 Å². The van der Waals surface area contributed by atoms with E-state index in [2.05, 4.69) is 37.3 Å². The number of anilines is 1. The Balaban J connectivity index is 2.06. The number of aliphatic hydroxyl groups excluding tert-OH is 1. The molecule has 2 aromatic heterocycles. The van der Waals surface area contributed by atoms with Gasteiger partial charge in [0.15, 0.2) is 0 Å². The number of pyridine rings is 1. The molecule has 2 heterocycles. The van der Waals surface area contributed by atoms with Crippen LogP contribution in [0.25, 0.3) is 0 Å². The Morgan fingerprint density at radius 1 is 1.50 bits per heavy atom. The molecule has 0 spiro atoms. The summed E-state index contributed by atoms with van der Waals surface area (Å²) >= 11 is 5.18. The van der Waals surface area contributed by atoms with Crippen molar-refractivity contribution in [3.8, 4) is 0 Å². The Morgan fingerprint density at radius 2 is 2.28 bits per heavy atom. The zero-order valence-corrected chi connectivity index (χ0v) is 12.7. The third-order valence-electron chi connectivity index (χ3n) is 2.66. The molecule has 0 fully saturated rings. The van der Waals surface area contributed by atoms with Crippen LogP contribution in [-0.2, 0) is 6.54 Å². The van der Waals surface area contributed by atoms with Crippen molar-refractivity contribution in [2.75, 3.05) is 11.9 Å². The lowest BCUT2D eigenvalue weighted by Crippen LogP contribution is -2.16. The summed E-state index contributed by atoms with van der Waals surface area (Å²) in [5, 5.41) is 11.5. The van der Waals surface area contributed by atoms with Crippen LogP contribution in [0, 0.1) is 0 Å². The lowest BCUT2D eigenvalue weighted by molar-refractivity contribution is 0.199. The second-order valence-electron chi connectivity index (χ2n) is 4.21. The fourth-order valence-electron chi connectivity index (χ4n) is 1.62. The normalized spacial score (nSPS) is 12.4. The predicted octanol–water partition coefficient (Wildman–Crippen LogP) is 3.60. The van der Waals surface area contributed by atoms with Crippen LogP contribution in [0.4, 0.5) is 5.82 Å². The molecule has 18 heavy (non-hydrogen) atoms. The molecule has 0 amide bonds. The fraction of sp³-hybridized carbons (Fsp3) is 0.308. The van der Waals surface area contributed by atoms with E-state index in [9.17, 15) is 5.11 Å². The predicted molar refractivity (Wildman–Crippen MR) is 79.0 cm³/mol. The molecule has 3 nitrogen and oxygen atoms in total. The minimum absolute atomic E-state index is 0.467. The highest BCUT2D eigenvalue weighted by molar-refractivity contribution is 9.10. The van der Waals surface area contributed by atoms with Crippen molar-refractivity contribution in [1.82, 2.24) is 4.98 Å². The van der Waals surface area contributed by atoms with Crippen LogP contribution in [-0.4, -0.2) is 17.1 Å². The third-order valence-corrected chi connectivity index (χ3v) is 4.34. The molecule has 0 unspecified atom stereocenters. The summed E-state index contributed by atoms with van der Waals surface area (Å²) in [6.45, 7) is 2.57. The van der Waals surface area contributed by atoms with Gasteiger partial charge < -0.3 is 10.0 Å². The Kier molecular flexibility index (Phi) is 4.37. The van der Waals surface area contributed by atoms with Gasteiger partial charge in [-0.2, -0.15) is 0 Å². The van der Waals surface area contributed by atoms with Gasteiger partial charge in [0.1, 0.15) is 5.82 Å². The SMILES string of the molecule is C[C@H](O)c1ccc(N(C)Cc2cc(Br)cs2)nc1. The highest BCUT2D eigenvalue weighted by Gasteiger charge is 2.07.